The number of piperidine rings is 1. The van der Waals surface area contributed by atoms with Gasteiger partial charge in [0.15, 0.2) is 11.6 Å². The Hall–Kier alpha value is -2.68. The number of ether oxygens (including phenoxy) is 2. The molecule has 15 nitrogen and oxygen atoms in total. The number of aromatic carboxylic acids is 1. The van der Waals surface area contributed by atoms with Crippen molar-refractivity contribution in [3.05, 3.63) is 33.9 Å². The second-order valence-electron chi connectivity index (χ2n) is 10.4. The van der Waals surface area contributed by atoms with Gasteiger partial charge in [-0.3, -0.25) is 4.79 Å². The van der Waals surface area contributed by atoms with Crippen LogP contribution in [-0.4, -0.2) is 85.0 Å². The Kier molecular flexibility index (Phi) is 8.63. The Morgan fingerprint density at radius 2 is 1.76 bits per heavy atom. The van der Waals surface area contributed by atoms with Crippen molar-refractivity contribution in [2.24, 2.45) is 5.92 Å². The lowest BCUT2D eigenvalue weighted by Crippen LogP contribution is -2.51. The van der Waals surface area contributed by atoms with Crippen LogP contribution in [0, 0.1) is 11.7 Å². The zero-order chi connectivity index (χ0) is 30.5. The Balaban J connectivity index is 1.49. The number of hydrogen-bond acceptors (Lipinski definition) is 12. The van der Waals surface area contributed by atoms with E-state index in [1.165, 1.54) is 18.2 Å². The number of pyridine rings is 1. The molecular formula is C24H30FN3O12P2. The Labute approximate surface area is 240 Å². The van der Waals surface area contributed by atoms with Gasteiger partial charge in [0.1, 0.15) is 11.3 Å². The van der Waals surface area contributed by atoms with Gasteiger partial charge in [0.25, 0.3) is 0 Å². The number of methoxy groups -OCH3 is 1. The number of benzene rings is 1. The molecule has 42 heavy (non-hydrogen) atoms. The van der Waals surface area contributed by atoms with Gasteiger partial charge in [0.05, 0.1) is 24.1 Å². The van der Waals surface area contributed by atoms with Crippen molar-refractivity contribution >= 4 is 45.9 Å². The van der Waals surface area contributed by atoms with E-state index in [-0.39, 0.29) is 47.4 Å². The summed E-state index contributed by atoms with van der Waals surface area (Å²) in [5.74, 6) is -4.78. The van der Waals surface area contributed by atoms with Gasteiger partial charge in [-0.15, -0.1) is 0 Å². The number of hydrogen-bond donors (Lipinski definition) is 5. The maximum absolute atomic E-state index is 15.8. The summed E-state index contributed by atoms with van der Waals surface area (Å²) in [5, 5.41) is 9.46. The average molecular weight is 633 g/mol. The number of anilines is 1. The number of carbonyl (C=O) groups excluding carboxylic acids is 1. The fraction of sp³-hybridized carbons (Fsp3) is 0.542. The molecular weight excluding hydrogens is 603 g/mol. The van der Waals surface area contributed by atoms with Gasteiger partial charge in [0, 0.05) is 38.8 Å². The minimum Gasteiger partial charge on any atom is -0.492 e. The maximum atomic E-state index is 15.8. The van der Waals surface area contributed by atoms with Crippen LogP contribution in [0.25, 0.3) is 10.9 Å². The average Bonchev–Trinajstić information content (AvgIpc) is 3.64. The molecule has 1 aliphatic carbocycles. The minimum atomic E-state index is -3.10. The first-order valence-electron chi connectivity index (χ1n) is 13.0. The minimum absolute atomic E-state index is 0.0681. The highest BCUT2D eigenvalue weighted by atomic mass is 31.2. The van der Waals surface area contributed by atoms with E-state index in [2.05, 4.69) is 0 Å². The highest BCUT2D eigenvalue weighted by Gasteiger charge is 2.46. The standard InChI is InChI=1S/C24H30FN3O12P2/c1-24(39-41(33)34,40-42(35)36)38-23(32)27-7-3-4-12-9-26(11-17(12)27)19-16(25)8-14-18(21(19)37-2)28(13-5-6-13)10-15(20(14)29)22(30)31/h8,10,12-13,17,33-36H,3-7,9,11H2,1-2H3,(H,30,31). The summed E-state index contributed by atoms with van der Waals surface area (Å²) in [6.45, 7) is 1.66. The molecule has 5 N–H and O–H groups in total. The highest BCUT2D eigenvalue weighted by molar-refractivity contribution is 7.40. The number of amides is 1. The molecule has 3 fully saturated rings. The first-order chi connectivity index (χ1) is 19.8. The van der Waals surface area contributed by atoms with Gasteiger partial charge in [0.2, 0.25) is 5.43 Å². The maximum Gasteiger partial charge on any atom is 0.414 e. The third-order valence-electron chi connectivity index (χ3n) is 7.67. The number of fused-ring (bicyclic) bond motifs is 2. The topological polar surface area (TPSA) is 201 Å². The molecule has 1 amide bonds. The number of carboxylic acid groups (broad SMARTS) is 1. The molecule has 2 unspecified atom stereocenters. The molecule has 2 aliphatic heterocycles. The Bertz CT molecular complexity index is 1440. The van der Waals surface area contributed by atoms with E-state index >= 15 is 4.39 Å². The third-order valence-corrected chi connectivity index (χ3v) is 8.66. The molecule has 1 aromatic carbocycles. The van der Waals surface area contributed by atoms with Crippen LogP contribution in [0.3, 0.4) is 0 Å². The van der Waals surface area contributed by atoms with Gasteiger partial charge in [-0.1, -0.05) is 0 Å². The molecule has 2 atom stereocenters. The molecule has 3 heterocycles. The predicted octanol–water partition coefficient (Wildman–Crippen LogP) is 2.35. The summed E-state index contributed by atoms with van der Waals surface area (Å²) in [5.41, 5.74) is -0.927. The molecule has 3 aliphatic rings. The first kappa shape index (κ1) is 30.8. The second kappa shape index (κ2) is 11.8. The quantitative estimate of drug-likeness (QED) is 0.199. The third kappa shape index (κ3) is 5.90. The van der Waals surface area contributed by atoms with Gasteiger partial charge in [-0.25, -0.2) is 23.0 Å². The van der Waals surface area contributed by atoms with Crippen LogP contribution in [0.4, 0.5) is 14.9 Å². The summed E-state index contributed by atoms with van der Waals surface area (Å²) in [6.07, 6.45) is 3.06. The second-order valence-corrected chi connectivity index (χ2v) is 11.8. The number of carboxylic acids is 1. The van der Waals surface area contributed by atoms with E-state index in [0.29, 0.717) is 19.4 Å². The Morgan fingerprint density at radius 1 is 1.10 bits per heavy atom. The number of halogens is 1. The molecule has 1 aromatic heterocycles. The van der Waals surface area contributed by atoms with Crippen molar-refractivity contribution in [1.82, 2.24) is 9.47 Å². The summed E-state index contributed by atoms with van der Waals surface area (Å²) >= 11 is 0. The number of aromatic nitrogens is 1. The number of rotatable bonds is 9. The molecule has 18 heteroatoms. The molecule has 230 valence electrons. The van der Waals surface area contributed by atoms with Crippen LogP contribution in [0.5, 0.6) is 5.75 Å². The predicted molar refractivity (Wildman–Crippen MR) is 145 cm³/mol. The fourth-order valence-electron chi connectivity index (χ4n) is 5.88. The Morgan fingerprint density at radius 3 is 2.33 bits per heavy atom. The van der Waals surface area contributed by atoms with E-state index in [9.17, 15) is 39.1 Å². The van der Waals surface area contributed by atoms with Gasteiger partial charge >= 0.3 is 35.2 Å². The van der Waals surface area contributed by atoms with Crippen molar-refractivity contribution in [1.29, 1.82) is 0 Å². The lowest BCUT2D eigenvalue weighted by molar-refractivity contribution is -0.266. The zero-order valence-corrected chi connectivity index (χ0v) is 24.3. The molecule has 0 bridgehead atoms. The SMILES string of the molecule is COc1c(N2CC3CCCN(C(=O)OC(C)(OP(O)O)OP(O)O)C3C2)c(F)cc2c(=O)c(C(=O)O)cn(C3CC3)c12. The summed E-state index contributed by atoms with van der Waals surface area (Å²) in [7, 11) is -4.87. The monoisotopic (exact) mass is 633 g/mol. The normalized spacial score (nSPS) is 20.9. The number of carbonyl (C=O) groups is 2. The van der Waals surface area contributed by atoms with Crippen molar-refractivity contribution in [2.75, 3.05) is 31.6 Å². The van der Waals surface area contributed by atoms with Gasteiger partial charge < -0.3 is 48.5 Å². The van der Waals surface area contributed by atoms with Crippen molar-refractivity contribution in [2.45, 2.75) is 50.7 Å². The largest absolute Gasteiger partial charge is 0.492 e. The number of nitrogens with zero attached hydrogens (tertiary/aromatic N) is 3. The van der Waals surface area contributed by atoms with Crippen LogP contribution >= 0.6 is 17.2 Å². The van der Waals surface area contributed by atoms with Crippen LogP contribution in [0.15, 0.2) is 17.1 Å². The van der Waals surface area contributed by atoms with E-state index in [1.807, 2.05) is 0 Å². The lowest BCUT2D eigenvalue weighted by atomic mass is 9.92. The van der Waals surface area contributed by atoms with Crippen molar-refractivity contribution in [3.8, 4) is 5.75 Å². The van der Waals surface area contributed by atoms with E-state index in [1.54, 1.807) is 9.47 Å². The van der Waals surface area contributed by atoms with E-state index < -0.39 is 58.1 Å². The summed E-state index contributed by atoms with van der Waals surface area (Å²) in [6, 6.07) is 0.463. The zero-order valence-electron chi connectivity index (χ0n) is 22.5. The van der Waals surface area contributed by atoms with Crippen LogP contribution in [0.2, 0.25) is 0 Å². The highest BCUT2D eigenvalue weighted by Crippen LogP contribution is 2.46. The molecule has 0 radical (unpaired) electrons. The van der Waals surface area contributed by atoms with Crippen molar-refractivity contribution < 1.29 is 57.2 Å². The van der Waals surface area contributed by atoms with Crippen molar-refractivity contribution in [3.63, 3.8) is 0 Å². The van der Waals surface area contributed by atoms with E-state index in [4.69, 9.17) is 18.5 Å². The first-order valence-corrected chi connectivity index (χ1v) is 15.3. The fourth-order valence-corrected chi connectivity index (χ4v) is 6.68. The van der Waals surface area contributed by atoms with Crippen LogP contribution in [0.1, 0.15) is 49.0 Å². The summed E-state index contributed by atoms with van der Waals surface area (Å²) < 4.78 is 37.8. The van der Waals surface area contributed by atoms with Crippen LogP contribution < -0.4 is 15.1 Å². The molecule has 5 rings (SSSR count). The smallest absolute Gasteiger partial charge is 0.414 e. The van der Waals surface area contributed by atoms with Gasteiger partial charge in [-0.05, 0) is 37.7 Å². The summed E-state index contributed by atoms with van der Waals surface area (Å²) in [4.78, 5) is 78.1. The number of likely N-dealkylation sites (tertiary alicyclic amines) is 1. The lowest BCUT2D eigenvalue weighted by Gasteiger charge is -2.38. The van der Waals surface area contributed by atoms with E-state index in [0.717, 1.165) is 25.8 Å². The molecule has 0 spiro atoms. The molecule has 2 saturated heterocycles. The molecule has 2 aromatic rings. The van der Waals surface area contributed by atoms with Crippen LogP contribution in [-0.2, 0) is 13.8 Å². The van der Waals surface area contributed by atoms with Gasteiger partial charge in [-0.2, -0.15) is 0 Å². The molecule has 1 saturated carbocycles.